The van der Waals surface area contributed by atoms with Crippen LogP contribution in [-0.4, -0.2) is 66.3 Å². The fourth-order valence-corrected chi connectivity index (χ4v) is 3.56. The third-order valence-electron chi connectivity index (χ3n) is 3.73. The molecule has 0 aromatic rings. The molecular weight excluding hydrogens is 298 g/mol. The third kappa shape index (κ3) is 4.01. The summed E-state index contributed by atoms with van der Waals surface area (Å²) in [5.74, 6) is -1.35. The molecule has 1 saturated heterocycles. The summed E-state index contributed by atoms with van der Waals surface area (Å²) >= 11 is 0. The first-order valence-electron chi connectivity index (χ1n) is 6.83. The molecule has 8 nitrogen and oxygen atoms in total. The lowest BCUT2D eigenvalue weighted by molar-refractivity contribution is -0.133. The minimum absolute atomic E-state index is 0.0191. The lowest BCUT2D eigenvalue weighted by Crippen LogP contribution is -2.44. The van der Waals surface area contributed by atoms with E-state index in [4.69, 9.17) is 5.11 Å². The summed E-state index contributed by atoms with van der Waals surface area (Å²) < 4.78 is 24.5. The van der Waals surface area contributed by atoms with Gasteiger partial charge in [-0.2, -0.15) is 5.10 Å². The van der Waals surface area contributed by atoms with E-state index in [1.54, 1.807) is 0 Å². The smallest absolute Gasteiger partial charge is 0.352 e. The maximum Gasteiger partial charge on any atom is 0.352 e. The molecule has 0 aliphatic carbocycles. The molecule has 2 aliphatic heterocycles. The molecule has 1 unspecified atom stereocenters. The van der Waals surface area contributed by atoms with Crippen molar-refractivity contribution < 1.29 is 23.1 Å². The minimum atomic E-state index is -3.24. The first kappa shape index (κ1) is 15.9. The van der Waals surface area contributed by atoms with Crippen molar-refractivity contribution in [2.75, 3.05) is 25.9 Å². The van der Waals surface area contributed by atoms with Crippen molar-refractivity contribution in [2.24, 2.45) is 11.0 Å². The highest BCUT2D eigenvalue weighted by Gasteiger charge is 2.30. The number of piperidine rings is 1. The van der Waals surface area contributed by atoms with Gasteiger partial charge in [0.25, 0.3) is 0 Å². The van der Waals surface area contributed by atoms with Crippen LogP contribution in [0, 0.1) is 5.92 Å². The van der Waals surface area contributed by atoms with Crippen LogP contribution in [0.15, 0.2) is 5.10 Å². The molecule has 2 aliphatic rings. The van der Waals surface area contributed by atoms with Crippen molar-refractivity contribution >= 4 is 27.6 Å². The number of nitrogens with zero attached hydrogens (tertiary/aromatic N) is 3. The fourth-order valence-electron chi connectivity index (χ4n) is 2.62. The number of hydrogen-bond donors (Lipinski definition) is 1. The number of carbonyl (C=O) groups is 2. The standard InChI is InChI=1S/C12H19N3O5S/c1-21(19,20)14-6-2-3-9(7-14)8-15-11(16)5-4-10(13-15)12(17)18/h9H,2-8H2,1H3,(H,17,18). The van der Waals surface area contributed by atoms with Crippen molar-refractivity contribution in [3.63, 3.8) is 0 Å². The number of carboxylic acid groups (broad SMARTS) is 1. The monoisotopic (exact) mass is 317 g/mol. The number of rotatable bonds is 4. The van der Waals surface area contributed by atoms with Gasteiger partial charge in [-0.3, -0.25) is 4.79 Å². The Labute approximate surface area is 123 Å². The molecule has 118 valence electrons. The molecule has 1 atom stereocenters. The highest BCUT2D eigenvalue weighted by Crippen LogP contribution is 2.21. The number of hydrogen-bond acceptors (Lipinski definition) is 5. The third-order valence-corrected chi connectivity index (χ3v) is 5.00. The summed E-state index contributed by atoms with van der Waals surface area (Å²) in [6, 6.07) is 0. The van der Waals surface area contributed by atoms with Crippen molar-refractivity contribution in [1.29, 1.82) is 0 Å². The van der Waals surface area contributed by atoms with E-state index in [1.807, 2.05) is 0 Å². The molecule has 1 N–H and O–H groups in total. The average molecular weight is 317 g/mol. The van der Waals surface area contributed by atoms with E-state index in [-0.39, 0.29) is 36.9 Å². The van der Waals surface area contributed by atoms with Gasteiger partial charge in [0, 0.05) is 32.5 Å². The van der Waals surface area contributed by atoms with Crippen LogP contribution in [0.3, 0.4) is 0 Å². The van der Waals surface area contributed by atoms with Crippen molar-refractivity contribution in [3.05, 3.63) is 0 Å². The van der Waals surface area contributed by atoms with Gasteiger partial charge < -0.3 is 5.11 Å². The Morgan fingerprint density at radius 2 is 2.14 bits per heavy atom. The summed E-state index contributed by atoms with van der Waals surface area (Å²) in [6.45, 7) is 1.11. The second-order valence-corrected chi connectivity index (χ2v) is 7.44. The van der Waals surface area contributed by atoms with E-state index >= 15 is 0 Å². The Kier molecular flexibility index (Phi) is 4.62. The van der Waals surface area contributed by atoms with Gasteiger partial charge in [0.15, 0.2) is 0 Å². The zero-order valence-electron chi connectivity index (χ0n) is 11.9. The largest absolute Gasteiger partial charge is 0.477 e. The summed E-state index contributed by atoms with van der Waals surface area (Å²) in [6.07, 6.45) is 2.98. The Morgan fingerprint density at radius 1 is 1.43 bits per heavy atom. The number of amides is 1. The lowest BCUT2D eigenvalue weighted by atomic mass is 9.99. The van der Waals surface area contributed by atoms with Crippen molar-refractivity contribution in [2.45, 2.75) is 25.7 Å². The highest BCUT2D eigenvalue weighted by atomic mass is 32.2. The van der Waals surface area contributed by atoms with E-state index in [0.29, 0.717) is 13.1 Å². The molecule has 1 amide bonds. The first-order valence-corrected chi connectivity index (χ1v) is 8.68. The van der Waals surface area contributed by atoms with Crippen LogP contribution in [0.25, 0.3) is 0 Å². The molecule has 2 rings (SSSR count). The molecule has 0 saturated carbocycles. The van der Waals surface area contributed by atoms with Crippen molar-refractivity contribution in [1.82, 2.24) is 9.31 Å². The van der Waals surface area contributed by atoms with Gasteiger partial charge in [0.2, 0.25) is 15.9 Å². The summed E-state index contributed by atoms with van der Waals surface area (Å²) in [5.41, 5.74) is -0.0228. The molecule has 21 heavy (non-hydrogen) atoms. The molecule has 0 spiro atoms. The topological polar surface area (TPSA) is 107 Å². The van der Waals surface area contributed by atoms with Gasteiger partial charge in [0.1, 0.15) is 5.71 Å². The Balaban J connectivity index is 2.04. The first-order chi connectivity index (χ1) is 9.77. The van der Waals surface area contributed by atoms with Crippen LogP contribution in [0.5, 0.6) is 0 Å². The maximum absolute atomic E-state index is 11.8. The van der Waals surface area contributed by atoms with Crippen LogP contribution in [0.4, 0.5) is 0 Å². The molecule has 1 fully saturated rings. The molecule has 0 aromatic carbocycles. The Bertz CT molecular complexity index is 571. The van der Waals surface area contributed by atoms with Crippen LogP contribution in [-0.2, 0) is 19.6 Å². The Hall–Kier alpha value is -1.48. The predicted molar refractivity (Wildman–Crippen MR) is 75.2 cm³/mol. The van der Waals surface area contributed by atoms with E-state index in [1.165, 1.54) is 15.6 Å². The van der Waals surface area contributed by atoms with Gasteiger partial charge >= 0.3 is 5.97 Å². The normalized spacial score (nSPS) is 24.8. The fraction of sp³-hybridized carbons (Fsp3) is 0.750. The number of carboxylic acids is 1. The molecule has 0 aromatic heterocycles. The SMILES string of the molecule is CS(=O)(=O)N1CCCC(CN2N=C(C(=O)O)CCC2=O)C1. The summed E-state index contributed by atoms with van der Waals surface area (Å²) in [4.78, 5) is 22.7. The van der Waals surface area contributed by atoms with Gasteiger partial charge in [-0.25, -0.2) is 22.5 Å². The zero-order chi connectivity index (χ0) is 15.6. The van der Waals surface area contributed by atoms with E-state index in [0.717, 1.165) is 12.8 Å². The number of hydrazone groups is 1. The number of aliphatic carboxylic acids is 1. The zero-order valence-corrected chi connectivity index (χ0v) is 12.7. The number of carbonyl (C=O) groups excluding carboxylic acids is 1. The van der Waals surface area contributed by atoms with Gasteiger partial charge in [-0.05, 0) is 18.8 Å². The summed E-state index contributed by atoms with van der Waals surface area (Å²) in [5, 5.41) is 14.0. The lowest BCUT2D eigenvalue weighted by Gasteiger charge is -2.33. The van der Waals surface area contributed by atoms with Crippen LogP contribution >= 0.6 is 0 Å². The molecule has 2 heterocycles. The maximum atomic E-state index is 11.8. The second kappa shape index (κ2) is 6.10. The summed E-state index contributed by atoms with van der Waals surface area (Å²) in [7, 11) is -3.24. The van der Waals surface area contributed by atoms with E-state index in [2.05, 4.69) is 5.10 Å². The van der Waals surface area contributed by atoms with Gasteiger partial charge in [0.05, 0.1) is 6.26 Å². The predicted octanol–water partition coefficient (Wildman–Crippen LogP) is -0.279. The quantitative estimate of drug-likeness (QED) is 0.767. The van der Waals surface area contributed by atoms with E-state index in [9.17, 15) is 18.0 Å². The molecular formula is C12H19N3O5S. The molecule has 9 heteroatoms. The van der Waals surface area contributed by atoms with E-state index < -0.39 is 16.0 Å². The molecule has 0 bridgehead atoms. The minimum Gasteiger partial charge on any atom is -0.477 e. The molecule has 0 radical (unpaired) electrons. The number of sulfonamides is 1. The van der Waals surface area contributed by atoms with Gasteiger partial charge in [-0.15, -0.1) is 0 Å². The van der Waals surface area contributed by atoms with Crippen molar-refractivity contribution in [3.8, 4) is 0 Å². The van der Waals surface area contributed by atoms with Crippen LogP contribution < -0.4 is 0 Å². The van der Waals surface area contributed by atoms with Crippen LogP contribution in [0.1, 0.15) is 25.7 Å². The Morgan fingerprint density at radius 3 is 2.76 bits per heavy atom. The second-order valence-electron chi connectivity index (χ2n) is 5.46. The van der Waals surface area contributed by atoms with Crippen LogP contribution in [0.2, 0.25) is 0 Å². The van der Waals surface area contributed by atoms with Gasteiger partial charge in [-0.1, -0.05) is 0 Å². The highest BCUT2D eigenvalue weighted by molar-refractivity contribution is 7.88. The average Bonchev–Trinajstić information content (AvgIpc) is 2.40.